The van der Waals surface area contributed by atoms with E-state index in [2.05, 4.69) is 71.0 Å². The van der Waals surface area contributed by atoms with Crippen LogP contribution in [0.4, 0.5) is 0 Å². The number of benzene rings is 2. The molecule has 1 heterocycles. The van der Waals surface area contributed by atoms with Crippen molar-refractivity contribution >= 4 is 10.9 Å². The predicted molar refractivity (Wildman–Crippen MR) is 90.9 cm³/mol. The van der Waals surface area contributed by atoms with Crippen LogP contribution >= 0.6 is 0 Å². The molecule has 0 unspecified atom stereocenters. The van der Waals surface area contributed by atoms with E-state index in [0.29, 0.717) is 0 Å². The third-order valence-electron chi connectivity index (χ3n) is 4.12. The highest BCUT2D eigenvalue weighted by Gasteiger charge is 2.10. The topological polar surface area (TPSA) is 12.9 Å². The van der Waals surface area contributed by atoms with Gasteiger partial charge in [0, 0.05) is 10.9 Å². The van der Waals surface area contributed by atoms with Crippen molar-refractivity contribution in [3.63, 3.8) is 0 Å². The average Bonchev–Trinajstić information content (AvgIpc) is 2.42. The van der Waals surface area contributed by atoms with E-state index in [1.165, 1.54) is 38.8 Å². The van der Waals surface area contributed by atoms with E-state index in [1.807, 2.05) is 0 Å². The molecule has 1 nitrogen and oxygen atoms in total. The first-order valence-electron chi connectivity index (χ1n) is 7.42. The van der Waals surface area contributed by atoms with Crippen molar-refractivity contribution in [1.29, 1.82) is 0 Å². The van der Waals surface area contributed by atoms with Crippen molar-refractivity contribution in [3.05, 3.63) is 64.2 Å². The van der Waals surface area contributed by atoms with Crippen LogP contribution in [0.3, 0.4) is 0 Å². The van der Waals surface area contributed by atoms with Crippen LogP contribution in [0.5, 0.6) is 0 Å². The fraction of sp³-hybridized carbons (Fsp3) is 0.250. The highest BCUT2D eigenvalue weighted by Crippen LogP contribution is 2.30. The molecule has 0 saturated carbocycles. The first-order valence-corrected chi connectivity index (χ1v) is 7.42. The molecule has 0 bridgehead atoms. The van der Waals surface area contributed by atoms with Crippen LogP contribution in [0.25, 0.3) is 22.2 Å². The molecule has 0 amide bonds. The molecule has 21 heavy (non-hydrogen) atoms. The Morgan fingerprint density at radius 2 is 1.43 bits per heavy atom. The second-order valence-corrected chi connectivity index (χ2v) is 6.12. The maximum absolute atomic E-state index is 4.97. The maximum atomic E-state index is 4.97. The van der Waals surface area contributed by atoms with Gasteiger partial charge in [0.2, 0.25) is 0 Å². The Hall–Kier alpha value is -2.15. The SMILES string of the molecule is Cc1ccc(C)c(-c2nc3cc(C)cc(C)c3cc2C)c1. The maximum Gasteiger partial charge on any atom is 0.0741 e. The number of aryl methyl sites for hydroxylation is 5. The summed E-state index contributed by atoms with van der Waals surface area (Å²) in [7, 11) is 0. The highest BCUT2D eigenvalue weighted by molar-refractivity contribution is 5.87. The van der Waals surface area contributed by atoms with Crippen molar-refractivity contribution in [2.75, 3.05) is 0 Å². The molecule has 0 fully saturated rings. The van der Waals surface area contributed by atoms with Crippen molar-refractivity contribution in [2.45, 2.75) is 34.6 Å². The van der Waals surface area contributed by atoms with Crippen LogP contribution in [0.15, 0.2) is 36.4 Å². The summed E-state index contributed by atoms with van der Waals surface area (Å²) in [6.45, 7) is 10.7. The number of fused-ring (bicyclic) bond motifs is 1. The van der Waals surface area contributed by atoms with Crippen molar-refractivity contribution in [2.24, 2.45) is 0 Å². The fourth-order valence-corrected chi connectivity index (χ4v) is 2.99. The highest BCUT2D eigenvalue weighted by atomic mass is 14.7. The van der Waals surface area contributed by atoms with Crippen molar-refractivity contribution in [3.8, 4) is 11.3 Å². The minimum absolute atomic E-state index is 1.09. The van der Waals surface area contributed by atoms with Crippen LogP contribution in [0, 0.1) is 34.6 Å². The normalized spacial score (nSPS) is 11.1. The molecule has 0 aliphatic heterocycles. The second kappa shape index (κ2) is 5.00. The largest absolute Gasteiger partial charge is 0.247 e. The Morgan fingerprint density at radius 1 is 0.667 bits per heavy atom. The molecule has 1 aromatic heterocycles. The van der Waals surface area contributed by atoms with Gasteiger partial charge in [-0.1, -0.05) is 23.8 Å². The number of hydrogen-bond donors (Lipinski definition) is 0. The number of nitrogens with zero attached hydrogens (tertiary/aromatic N) is 1. The lowest BCUT2D eigenvalue weighted by molar-refractivity contribution is 1.28. The summed E-state index contributed by atoms with van der Waals surface area (Å²) >= 11 is 0. The summed E-state index contributed by atoms with van der Waals surface area (Å²) in [5.74, 6) is 0. The second-order valence-electron chi connectivity index (χ2n) is 6.12. The molecule has 3 aromatic rings. The van der Waals surface area contributed by atoms with Crippen LogP contribution in [-0.2, 0) is 0 Å². The van der Waals surface area contributed by atoms with Gasteiger partial charge >= 0.3 is 0 Å². The number of hydrogen-bond acceptors (Lipinski definition) is 1. The van der Waals surface area contributed by atoms with E-state index in [0.717, 1.165) is 11.2 Å². The summed E-state index contributed by atoms with van der Waals surface area (Å²) < 4.78 is 0. The lowest BCUT2D eigenvalue weighted by atomic mass is 9.97. The Kier molecular flexibility index (Phi) is 3.29. The first-order chi connectivity index (χ1) is 9.95. The molecule has 3 rings (SSSR count). The summed E-state index contributed by atoms with van der Waals surface area (Å²) in [5, 5.41) is 1.26. The van der Waals surface area contributed by atoms with Gasteiger partial charge in [-0.2, -0.15) is 0 Å². The quantitative estimate of drug-likeness (QED) is 0.576. The van der Waals surface area contributed by atoms with E-state index in [4.69, 9.17) is 4.98 Å². The summed E-state index contributed by atoms with van der Waals surface area (Å²) in [6, 6.07) is 13.2. The van der Waals surface area contributed by atoms with Gasteiger partial charge in [-0.05, 0) is 75.1 Å². The molecule has 0 aliphatic carbocycles. The van der Waals surface area contributed by atoms with E-state index in [1.54, 1.807) is 0 Å². The predicted octanol–water partition coefficient (Wildman–Crippen LogP) is 5.44. The minimum atomic E-state index is 1.09. The first kappa shape index (κ1) is 13.8. The standard InChI is InChI=1S/C20H21N/c1-12-6-7-14(3)18(9-12)20-16(5)11-17-15(4)8-13(2)10-19(17)21-20/h6-11H,1-5H3. The molecule has 1 heteroatoms. The van der Waals surface area contributed by atoms with Gasteiger partial charge in [-0.3, -0.25) is 0 Å². The van der Waals surface area contributed by atoms with Crippen molar-refractivity contribution < 1.29 is 0 Å². The van der Waals surface area contributed by atoms with Crippen LogP contribution in [0.2, 0.25) is 0 Å². The smallest absolute Gasteiger partial charge is 0.0741 e. The zero-order valence-corrected chi connectivity index (χ0v) is 13.4. The van der Waals surface area contributed by atoms with E-state index in [9.17, 15) is 0 Å². The number of aromatic nitrogens is 1. The number of pyridine rings is 1. The van der Waals surface area contributed by atoms with Gasteiger partial charge in [0.05, 0.1) is 11.2 Å². The van der Waals surface area contributed by atoms with Crippen LogP contribution in [-0.4, -0.2) is 4.98 Å². The molecule has 0 spiro atoms. The van der Waals surface area contributed by atoms with Gasteiger partial charge in [0.25, 0.3) is 0 Å². The molecule has 0 N–H and O–H groups in total. The molecule has 2 aromatic carbocycles. The molecule has 0 saturated heterocycles. The van der Waals surface area contributed by atoms with Gasteiger partial charge < -0.3 is 0 Å². The molecule has 0 aliphatic rings. The Bertz CT molecular complexity index is 844. The molecule has 0 atom stereocenters. The Balaban J connectivity index is 2.33. The lowest BCUT2D eigenvalue weighted by Crippen LogP contribution is -1.95. The molecule has 0 radical (unpaired) electrons. The lowest BCUT2D eigenvalue weighted by Gasteiger charge is -2.12. The summed E-state index contributed by atoms with van der Waals surface area (Å²) in [5.41, 5.74) is 9.80. The summed E-state index contributed by atoms with van der Waals surface area (Å²) in [4.78, 5) is 4.97. The zero-order chi connectivity index (χ0) is 15.1. The average molecular weight is 275 g/mol. The molecule has 106 valence electrons. The van der Waals surface area contributed by atoms with E-state index in [-0.39, 0.29) is 0 Å². The van der Waals surface area contributed by atoms with Gasteiger partial charge in [-0.15, -0.1) is 0 Å². The molecular weight excluding hydrogens is 254 g/mol. The van der Waals surface area contributed by atoms with E-state index >= 15 is 0 Å². The fourth-order valence-electron chi connectivity index (χ4n) is 2.99. The zero-order valence-electron chi connectivity index (χ0n) is 13.4. The Labute approximate surface area is 126 Å². The van der Waals surface area contributed by atoms with Crippen LogP contribution < -0.4 is 0 Å². The van der Waals surface area contributed by atoms with Crippen LogP contribution in [0.1, 0.15) is 27.8 Å². The summed E-state index contributed by atoms with van der Waals surface area (Å²) in [6.07, 6.45) is 0. The van der Waals surface area contributed by atoms with Gasteiger partial charge in [0.15, 0.2) is 0 Å². The van der Waals surface area contributed by atoms with Gasteiger partial charge in [-0.25, -0.2) is 4.98 Å². The molecular formula is C20H21N. The Morgan fingerprint density at radius 3 is 2.19 bits per heavy atom. The van der Waals surface area contributed by atoms with Crippen molar-refractivity contribution in [1.82, 2.24) is 4.98 Å². The third kappa shape index (κ3) is 2.44. The van der Waals surface area contributed by atoms with Gasteiger partial charge in [0.1, 0.15) is 0 Å². The third-order valence-corrected chi connectivity index (χ3v) is 4.12. The number of rotatable bonds is 1. The minimum Gasteiger partial charge on any atom is -0.247 e. The monoisotopic (exact) mass is 275 g/mol. The van der Waals surface area contributed by atoms with E-state index < -0.39 is 0 Å².